The number of amides is 2. The third-order valence-corrected chi connectivity index (χ3v) is 5.63. The van der Waals surface area contributed by atoms with Gasteiger partial charge in [0.1, 0.15) is 5.41 Å². The molecule has 1 N–H and O–H groups in total. The van der Waals surface area contributed by atoms with Crippen LogP contribution < -0.4 is 10.2 Å². The van der Waals surface area contributed by atoms with Crippen LogP contribution in [-0.4, -0.2) is 52.9 Å². The minimum absolute atomic E-state index is 0.0524. The summed E-state index contributed by atoms with van der Waals surface area (Å²) in [5.41, 5.74) is 2.03. The second-order valence-corrected chi connectivity index (χ2v) is 7.68. The zero-order chi connectivity index (χ0) is 19.7. The maximum Gasteiger partial charge on any atom is 0.240 e. The molecule has 1 aliphatic heterocycles. The average Bonchev–Trinajstić information content (AvgIpc) is 3.52. The van der Waals surface area contributed by atoms with Crippen LogP contribution >= 0.6 is 0 Å². The van der Waals surface area contributed by atoms with Crippen molar-refractivity contribution in [2.24, 2.45) is 5.41 Å². The van der Waals surface area contributed by atoms with E-state index in [1.807, 2.05) is 36.9 Å². The lowest BCUT2D eigenvalue weighted by Crippen LogP contribution is -2.53. The second kappa shape index (κ2) is 7.22. The van der Waals surface area contributed by atoms with E-state index in [0.29, 0.717) is 45.0 Å². The molecule has 1 aromatic carbocycles. The molecule has 7 nitrogen and oxygen atoms in total. The van der Waals surface area contributed by atoms with Crippen LogP contribution in [0.1, 0.15) is 24.0 Å². The molecule has 28 heavy (non-hydrogen) atoms. The number of carbonyl (C=O) groups excluding carboxylic acids is 2. The van der Waals surface area contributed by atoms with E-state index in [1.54, 1.807) is 18.5 Å². The van der Waals surface area contributed by atoms with Crippen LogP contribution in [0.25, 0.3) is 0 Å². The molecule has 2 fully saturated rings. The van der Waals surface area contributed by atoms with Gasteiger partial charge in [-0.2, -0.15) is 0 Å². The van der Waals surface area contributed by atoms with Gasteiger partial charge in [-0.1, -0.05) is 17.7 Å². The standard InChI is InChI=1S/C21H25N5O2/c1-15-4-5-17(16(2)14-15)24-18(27)21(6-7-21)19(28)25-10-12-26(13-11-25)20-22-8-3-9-23-20/h3-5,8-9,14H,6-7,10-13H2,1-2H3,(H,24,27). The van der Waals surface area contributed by atoms with Gasteiger partial charge in [-0.25, -0.2) is 9.97 Å². The van der Waals surface area contributed by atoms with Gasteiger partial charge >= 0.3 is 0 Å². The highest BCUT2D eigenvalue weighted by Gasteiger charge is 2.58. The van der Waals surface area contributed by atoms with Crippen molar-refractivity contribution in [1.82, 2.24) is 14.9 Å². The van der Waals surface area contributed by atoms with Gasteiger partial charge in [-0.15, -0.1) is 0 Å². The summed E-state index contributed by atoms with van der Waals surface area (Å²) in [6, 6.07) is 7.69. The van der Waals surface area contributed by atoms with E-state index in [0.717, 1.165) is 16.8 Å². The van der Waals surface area contributed by atoms with E-state index in [2.05, 4.69) is 20.2 Å². The first-order valence-electron chi connectivity index (χ1n) is 9.70. The van der Waals surface area contributed by atoms with Gasteiger partial charge in [-0.3, -0.25) is 9.59 Å². The Morgan fingerprint density at radius 2 is 1.71 bits per heavy atom. The monoisotopic (exact) mass is 379 g/mol. The molecular weight excluding hydrogens is 354 g/mol. The molecule has 0 unspecified atom stereocenters. The van der Waals surface area contributed by atoms with Gasteiger partial charge < -0.3 is 15.1 Å². The summed E-state index contributed by atoms with van der Waals surface area (Å²) >= 11 is 0. The number of piperazine rings is 1. The van der Waals surface area contributed by atoms with Crippen LogP contribution in [0.2, 0.25) is 0 Å². The highest BCUT2D eigenvalue weighted by Crippen LogP contribution is 2.48. The number of aromatic nitrogens is 2. The van der Waals surface area contributed by atoms with Crippen LogP contribution in [0.5, 0.6) is 0 Å². The van der Waals surface area contributed by atoms with E-state index in [1.165, 1.54) is 0 Å². The number of hydrogen-bond acceptors (Lipinski definition) is 5. The Hall–Kier alpha value is -2.96. The fraction of sp³-hybridized carbons (Fsp3) is 0.429. The van der Waals surface area contributed by atoms with Gasteiger partial charge in [0.25, 0.3) is 0 Å². The van der Waals surface area contributed by atoms with Crippen LogP contribution in [0.4, 0.5) is 11.6 Å². The molecule has 7 heteroatoms. The number of rotatable bonds is 4. The van der Waals surface area contributed by atoms with E-state index >= 15 is 0 Å². The van der Waals surface area contributed by atoms with Crippen molar-refractivity contribution in [3.8, 4) is 0 Å². The topological polar surface area (TPSA) is 78.4 Å². The Balaban J connectivity index is 1.40. The van der Waals surface area contributed by atoms with E-state index in [-0.39, 0.29) is 11.8 Å². The first-order valence-corrected chi connectivity index (χ1v) is 9.70. The van der Waals surface area contributed by atoms with Crippen LogP contribution in [0.3, 0.4) is 0 Å². The number of benzene rings is 1. The molecule has 1 saturated heterocycles. The highest BCUT2D eigenvalue weighted by molar-refractivity contribution is 6.13. The second-order valence-electron chi connectivity index (χ2n) is 7.68. The molecule has 1 aromatic heterocycles. The number of hydrogen-bond donors (Lipinski definition) is 1. The number of nitrogens with one attached hydrogen (secondary N) is 1. The first kappa shape index (κ1) is 18.4. The molecule has 0 spiro atoms. The Labute approximate surface area is 164 Å². The maximum absolute atomic E-state index is 13.1. The predicted octanol–water partition coefficient (Wildman–Crippen LogP) is 2.16. The molecule has 2 heterocycles. The van der Waals surface area contributed by atoms with Gasteiger partial charge in [-0.05, 0) is 44.4 Å². The smallest absolute Gasteiger partial charge is 0.240 e. The van der Waals surface area contributed by atoms with Crippen LogP contribution in [-0.2, 0) is 9.59 Å². The summed E-state index contributed by atoms with van der Waals surface area (Å²) in [4.78, 5) is 38.4. The van der Waals surface area contributed by atoms with Crippen LogP contribution in [0.15, 0.2) is 36.7 Å². The molecular formula is C21H25N5O2. The summed E-state index contributed by atoms with van der Waals surface area (Å²) in [6.45, 7) is 6.49. The first-order chi connectivity index (χ1) is 13.5. The largest absolute Gasteiger partial charge is 0.338 e. The molecule has 0 atom stereocenters. The molecule has 0 radical (unpaired) electrons. The lowest BCUT2D eigenvalue weighted by atomic mass is 10.0. The zero-order valence-corrected chi connectivity index (χ0v) is 16.3. The zero-order valence-electron chi connectivity index (χ0n) is 16.3. The van der Waals surface area contributed by atoms with Crippen molar-refractivity contribution in [2.75, 3.05) is 36.4 Å². The highest BCUT2D eigenvalue weighted by atomic mass is 16.2. The fourth-order valence-electron chi connectivity index (χ4n) is 3.73. The van der Waals surface area contributed by atoms with E-state index < -0.39 is 5.41 Å². The summed E-state index contributed by atoms with van der Waals surface area (Å²) in [5, 5.41) is 2.98. The van der Waals surface area contributed by atoms with Crippen molar-refractivity contribution >= 4 is 23.5 Å². The SMILES string of the molecule is Cc1ccc(NC(=O)C2(C(=O)N3CCN(c4ncccn4)CC3)CC2)c(C)c1. The Bertz CT molecular complexity index is 887. The molecule has 0 bridgehead atoms. The molecule has 2 amide bonds. The third kappa shape index (κ3) is 3.44. The summed E-state index contributed by atoms with van der Waals surface area (Å²) in [5.74, 6) is 0.449. The lowest BCUT2D eigenvalue weighted by molar-refractivity contribution is -0.142. The van der Waals surface area contributed by atoms with E-state index in [4.69, 9.17) is 0 Å². The summed E-state index contributed by atoms with van der Waals surface area (Å²) in [7, 11) is 0. The van der Waals surface area contributed by atoms with Crippen molar-refractivity contribution in [2.45, 2.75) is 26.7 Å². The van der Waals surface area contributed by atoms with Gasteiger partial charge in [0, 0.05) is 44.3 Å². The predicted molar refractivity (Wildman–Crippen MR) is 107 cm³/mol. The number of nitrogens with zero attached hydrogens (tertiary/aromatic N) is 4. The third-order valence-electron chi connectivity index (χ3n) is 5.63. The number of anilines is 2. The summed E-state index contributed by atoms with van der Waals surface area (Å²) in [6.07, 6.45) is 4.67. The minimum Gasteiger partial charge on any atom is -0.338 e. The molecule has 1 aliphatic carbocycles. The molecule has 1 saturated carbocycles. The van der Waals surface area contributed by atoms with Crippen molar-refractivity contribution in [1.29, 1.82) is 0 Å². The minimum atomic E-state index is -0.900. The van der Waals surface area contributed by atoms with Gasteiger partial charge in [0.05, 0.1) is 0 Å². The van der Waals surface area contributed by atoms with Crippen molar-refractivity contribution < 1.29 is 9.59 Å². The normalized spacial score (nSPS) is 17.9. The van der Waals surface area contributed by atoms with Gasteiger partial charge in [0.15, 0.2) is 0 Å². The van der Waals surface area contributed by atoms with Crippen molar-refractivity contribution in [3.63, 3.8) is 0 Å². The molecule has 146 valence electrons. The quantitative estimate of drug-likeness (QED) is 0.824. The number of aryl methyl sites for hydroxylation is 2. The Morgan fingerprint density at radius 3 is 2.32 bits per heavy atom. The molecule has 2 aromatic rings. The maximum atomic E-state index is 13.1. The Morgan fingerprint density at radius 1 is 1.04 bits per heavy atom. The fourth-order valence-corrected chi connectivity index (χ4v) is 3.73. The van der Waals surface area contributed by atoms with Crippen LogP contribution in [0, 0.1) is 19.3 Å². The summed E-state index contributed by atoms with van der Waals surface area (Å²) < 4.78 is 0. The van der Waals surface area contributed by atoms with E-state index in [9.17, 15) is 9.59 Å². The molecule has 2 aliphatic rings. The van der Waals surface area contributed by atoms with Gasteiger partial charge in [0.2, 0.25) is 17.8 Å². The van der Waals surface area contributed by atoms with Crippen molar-refractivity contribution in [3.05, 3.63) is 47.8 Å². The average molecular weight is 379 g/mol. The molecule has 4 rings (SSSR count). The Kier molecular flexibility index (Phi) is 4.75. The lowest BCUT2D eigenvalue weighted by Gasteiger charge is -2.36. The number of carbonyl (C=O) groups is 2.